The average Bonchev–Trinajstić information content (AvgIpc) is 2.87. The quantitative estimate of drug-likeness (QED) is 0.870. The molecule has 1 aromatic rings. The number of aliphatic carboxylic acids is 1. The number of nitrogens with one attached hydrogen (secondary N) is 1. The Kier molecular flexibility index (Phi) is 4.83. The molecule has 1 unspecified atom stereocenters. The van der Waals surface area contributed by atoms with Crippen molar-refractivity contribution in [1.29, 1.82) is 0 Å². The Balaban J connectivity index is 1.96. The molecule has 1 saturated carbocycles. The number of ether oxygens (including phenoxy) is 1. The first-order chi connectivity index (χ1) is 10.0. The van der Waals surface area contributed by atoms with Gasteiger partial charge >= 0.3 is 5.97 Å². The summed E-state index contributed by atoms with van der Waals surface area (Å²) >= 11 is 0. The predicted molar refractivity (Wildman–Crippen MR) is 77.9 cm³/mol. The number of benzene rings is 1. The zero-order valence-electron chi connectivity index (χ0n) is 12.3. The van der Waals surface area contributed by atoms with Crippen LogP contribution in [0.5, 0.6) is 5.75 Å². The molecule has 0 aliphatic heterocycles. The van der Waals surface area contributed by atoms with E-state index in [0.717, 1.165) is 11.3 Å². The molecule has 0 heterocycles. The van der Waals surface area contributed by atoms with Crippen LogP contribution in [-0.2, 0) is 16.1 Å². The Morgan fingerprint density at radius 3 is 2.71 bits per heavy atom. The highest BCUT2D eigenvalue weighted by molar-refractivity contribution is 5.85. The van der Waals surface area contributed by atoms with Crippen LogP contribution in [-0.4, -0.2) is 24.1 Å². The van der Waals surface area contributed by atoms with Crippen molar-refractivity contribution >= 4 is 11.9 Å². The highest BCUT2D eigenvalue weighted by Gasteiger charge is 2.40. The maximum atomic E-state index is 12.2. The summed E-state index contributed by atoms with van der Waals surface area (Å²) in [6, 6.07) is 7.45. The number of hydrogen-bond donors (Lipinski definition) is 2. The van der Waals surface area contributed by atoms with Crippen molar-refractivity contribution in [3.63, 3.8) is 0 Å². The van der Waals surface area contributed by atoms with Gasteiger partial charge in [-0.15, -0.1) is 0 Å². The van der Waals surface area contributed by atoms with Crippen LogP contribution in [0.1, 0.15) is 25.3 Å². The van der Waals surface area contributed by atoms with E-state index in [1.165, 1.54) is 0 Å². The number of carboxylic acid groups (broad SMARTS) is 1. The largest absolute Gasteiger partial charge is 0.497 e. The van der Waals surface area contributed by atoms with Crippen LogP contribution in [0.15, 0.2) is 24.3 Å². The third-order valence-corrected chi connectivity index (χ3v) is 4.05. The van der Waals surface area contributed by atoms with Crippen molar-refractivity contribution in [3.8, 4) is 5.75 Å². The fraction of sp³-hybridized carbons (Fsp3) is 0.500. The summed E-state index contributed by atoms with van der Waals surface area (Å²) in [5.74, 6) is -1.03. The Bertz CT molecular complexity index is 529. The molecular weight excluding hydrogens is 270 g/mol. The van der Waals surface area contributed by atoms with Crippen LogP contribution in [0.4, 0.5) is 0 Å². The Morgan fingerprint density at radius 2 is 2.05 bits per heavy atom. The van der Waals surface area contributed by atoms with E-state index in [0.29, 0.717) is 19.4 Å². The van der Waals surface area contributed by atoms with Crippen LogP contribution in [0.3, 0.4) is 0 Å². The first-order valence-corrected chi connectivity index (χ1v) is 7.14. The lowest BCUT2D eigenvalue weighted by atomic mass is 9.95. The number of carboxylic acids is 1. The van der Waals surface area contributed by atoms with Crippen molar-refractivity contribution < 1.29 is 19.4 Å². The lowest BCUT2D eigenvalue weighted by Gasteiger charge is -2.15. The lowest BCUT2D eigenvalue weighted by Crippen LogP contribution is -2.34. The van der Waals surface area contributed by atoms with Gasteiger partial charge in [-0.25, -0.2) is 0 Å². The van der Waals surface area contributed by atoms with Gasteiger partial charge in [0.2, 0.25) is 5.91 Å². The third kappa shape index (κ3) is 3.74. The van der Waals surface area contributed by atoms with Crippen molar-refractivity contribution in [1.82, 2.24) is 5.32 Å². The lowest BCUT2D eigenvalue weighted by molar-refractivity contribution is -0.146. The minimum Gasteiger partial charge on any atom is -0.497 e. The standard InChI is InChI=1S/C16H21NO4/c1-10-6-13(14(7-10)16(19)20)15(18)17-9-11-4-3-5-12(8-11)21-2/h3-5,8,10,13-14H,6-7,9H2,1-2H3,(H,17,18)(H,19,20)/t10?,13-,14+/m0/s1. The molecule has 1 aliphatic rings. The third-order valence-electron chi connectivity index (χ3n) is 4.05. The summed E-state index contributed by atoms with van der Waals surface area (Å²) in [6.45, 7) is 2.37. The van der Waals surface area contributed by atoms with E-state index in [4.69, 9.17) is 4.74 Å². The molecule has 1 amide bonds. The zero-order chi connectivity index (χ0) is 15.4. The summed E-state index contributed by atoms with van der Waals surface area (Å²) < 4.78 is 5.13. The average molecular weight is 291 g/mol. The van der Waals surface area contributed by atoms with E-state index in [1.807, 2.05) is 31.2 Å². The summed E-state index contributed by atoms with van der Waals surface area (Å²) in [5, 5.41) is 12.0. The van der Waals surface area contributed by atoms with E-state index < -0.39 is 17.8 Å². The van der Waals surface area contributed by atoms with E-state index in [-0.39, 0.29) is 11.8 Å². The summed E-state index contributed by atoms with van der Waals surface area (Å²) in [6.07, 6.45) is 1.22. The number of rotatable bonds is 5. The number of methoxy groups -OCH3 is 1. The van der Waals surface area contributed by atoms with Gasteiger partial charge in [-0.3, -0.25) is 9.59 Å². The molecule has 2 rings (SSSR count). The molecular formula is C16H21NO4. The highest BCUT2D eigenvalue weighted by atomic mass is 16.5. The smallest absolute Gasteiger partial charge is 0.307 e. The van der Waals surface area contributed by atoms with Crippen LogP contribution in [0, 0.1) is 17.8 Å². The number of carbonyl (C=O) groups excluding carboxylic acids is 1. The van der Waals surface area contributed by atoms with Crippen molar-refractivity contribution in [2.75, 3.05) is 7.11 Å². The van der Waals surface area contributed by atoms with Gasteiger partial charge in [0.1, 0.15) is 5.75 Å². The van der Waals surface area contributed by atoms with E-state index in [2.05, 4.69) is 5.32 Å². The molecule has 114 valence electrons. The highest BCUT2D eigenvalue weighted by Crippen LogP contribution is 2.36. The van der Waals surface area contributed by atoms with Gasteiger partial charge in [-0.1, -0.05) is 19.1 Å². The van der Waals surface area contributed by atoms with Crippen LogP contribution in [0.2, 0.25) is 0 Å². The van der Waals surface area contributed by atoms with Crippen LogP contribution >= 0.6 is 0 Å². The predicted octanol–water partition coefficient (Wildman–Crippen LogP) is 2.06. The Morgan fingerprint density at radius 1 is 1.33 bits per heavy atom. The van der Waals surface area contributed by atoms with Gasteiger partial charge < -0.3 is 15.2 Å². The first kappa shape index (κ1) is 15.4. The van der Waals surface area contributed by atoms with Gasteiger partial charge in [-0.05, 0) is 36.5 Å². The second kappa shape index (κ2) is 6.61. The van der Waals surface area contributed by atoms with Gasteiger partial charge in [0.15, 0.2) is 0 Å². The van der Waals surface area contributed by atoms with Crippen molar-refractivity contribution in [2.45, 2.75) is 26.3 Å². The van der Waals surface area contributed by atoms with Gasteiger partial charge in [-0.2, -0.15) is 0 Å². The summed E-state index contributed by atoms with van der Waals surface area (Å²) in [4.78, 5) is 23.5. The number of amides is 1. The SMILES string of the molecule is COc1cccc(CNC(=O)[C@H]2CC(C)C[C@H]2C(=O)O)c1. The molecule has 5 nitrogen and oxygen atoms in total. The minimum atomic E-state index is -0.874. The molecule has 2 N–H and O–H groups in total. The van der Waals surface area contributed by atoms with Crippen LogP contribution < -0.4 is 10.1 Å². The molecule has 1 aromatic carbocycles. The maximum Gasteiger partial charge on any atom is 0.307 e. The zero-order valence-corrected chi connectivity index (χ0v) is 12.3. The number of carbonyl (C=O) groups is 2. The molecule has 1 fully saturated rings. The van der Waals surface area contributed by atoms with Crippen LogP contribution in [0.25, 0.3) is 0 Å². The van der Waals surface area contributed by atoms with Gasteiger partial charge in [0.05, 0.1) is 18.9 Å². The molecule has 1 aliphatic carbocycles. The topological polar surface area (TPSA) is 75.6 Å². The molecule has 0 bridgehead atoms. The minimum absolute atomic E-state index is 0.172. The maximum absolute atomic E-state index is 12.2. The fourth-order valence-electron chi connectivity index (χ4n) is 2.96. The van der Waals surface area contributed by atoms with Crippen molar-refractivity contribution in [2.24, 2.45) is 17.8 Å². The van der Waals surface area contributed by atoms with Crippen molar-refractivity contribution in [3.05, 3.63) is 29.8 Å². The normalized spacial score (nSPS) is 24.6. The molecule has 5 heteroatoms. The summed E-state index contributed by atoms with van der Waals surface area (Å²) in [7, 11) is 1.59. The molecule has 0 spiro atoms. The Hall–Kier alpha value is -2.04. The van der Waals surface area contributed by atoms with E-state index >= 15 is 0 Å². The molecule has 0 radical (unpaired) electrons. The Labute approximate surface area is 124 Å². The monoisotopic (exact) mass is 291 g/mol. The molecule has 21 heavy (non-hydrogen) atoms. The van der Waals surface area contributed by atoms with E-state index in [1.54, 1.807) is 7.11 Å². The van der Waals surface area contributed by atoms with E-state index in [9.17, 15) is 14.7 Å². The number of hydrogen-bond acceptors (Lipinski definition) is 3. The second-order valence-electron chi connectivity index (χ2n) is 5.70. The molecule has 0 saturated heterocycles. The summed E-state index contributed by atoms with van der Waals surface area (Å²) in [5.41, 5.74) is 0.931. The first-order valence-electron chi connectivity index (χ1n) is 7.14. The second-order valence-corrected chi connectivity index (χ2v) is 5.70. The molecule has 3 atom stereocenters. The van der Waals surface area contributed by atoms with Gasteiger partial charge in [0.25, 0.3) is 0 Å². The van der Waals surface area contributed by atoms with Gasteiger partial charge in [0, 0.05) is 6.54 Å². The fourth-order valence-corrected chi connectivity index (χ4v) is 2.96. The molecule has 0 aromatic heterocycles.